The summed E-state index contributed by atoms with van der Waals surface area (Å²) in [7, 11) is 0. The first kappa shape index (κ1) is 16.0. The van der Waals surface area contributed by atoms with Gasteiger partial charge in [-0.25, -0.2) is 4.79 Å². The molecule has 3 nitrogen and oxygen atoms in total. The molecule has 106 valence electrons. The molecule has 0 aliphatic heterocycles. The highest BCUT2D eigenvalue weighted by Gasteiger charge is 2.31. The summed E-state index contributed by atoms with van der Waals surface area (Å²) in [5.74, 6) is -0.484. The van der Waals surface area contributed by atoms with Gasteiger partial charge in [-0.2, -0.15) is 5.26 Å². The fourth-order valence-corrected chi connectivity index (χ4v) is 1.82. The van der Waals surface area contributed by atoms with Crippen LogP contribution in [-0.4, -0.2) is 12.6 Å². The minimum atomic E-state index is -1.18. The number of carbonyl (C=O) groups is 1. The lowest BCUT2D eigenvalue weighted by molar-refractivity contribution is -0.148. The number of carbonyl (C=O) groups excluding carboxylic acids is 1. The Bertz CT molecular complexity index is 487. The number of unbranched alkanes of at least 4 members (excludes halogenated alkanes) is 1. The Morgan fingerprint density at radius 3 is 2.70 bits per heavy atom. The van der Waals surface area contributed by atoms with Crippen LogP contribution in [0.15, 0.2) is 42.5 Å². The molecule has 0 amide bonds. The summed E-state index contributed by atoms with van der Waals surface area (Å²) in [5, 5.41) is 9.11. The molecule has 3 heteroatoms. The lowest BCUT2D eigenvalue weighted by Gasteiger charge is -2.14. The molecule has 1 aromatic rings. The summed E-state index contributed by atoms with van der Waals surface area (Å²) >= 11 is 0. The zero-order chi connectivity index (χ0) is 14.8. The molecule has 0 aromatic heterocycles. The van der Waals surface area contributed by atoms with Crippen LogP contribution in [-0.2, 0) is 16.0 Å². The highest BCUT2D eigenvalue weighted by Crippen LogP contribution is 2.20. The number of allylic oxidation sites excluding steroid dienone is 1. The van der Waals surface area contributed by atoms with Crippen molar-refractivity contribution in [3.8, 4) is 6.07 Å². The SMILES string of the molecule is CCOC(=O)[C@](C)(C#N)/C=C/CCCc1ccccc1. The van der Waals surface area contributed by atoms with Crippen LogP contribution in [0, 0.1) is 16.7 Å². The van der Waals surface area contributed by atoms with E-state index in [4.69, 9.17) is 10.00 Å². The molecule has 0 heterocycles. The lowest BCUT2D eigenvalue weighted by Crippen LogP contribution is -2.26. The Morgan fingerprint density at radius 2 is 2.10 bits per heavy atom. The van der Waals surface area contributed by atoms with E-state index in [-0.39, 0.29) is 6.61 Å². The molecule has 0 unspecified atom stereocenters. The predicted molar refractivity (Wildman–Crippen MR) is 78.9 cm³/mol. The number of hydrogen-bond donors (Lipinski definition) is 0. The average molecular weight is 271 g/mol. The van der Waals surface area contributed by atoms with E-state index in [1.807, 2.05) is 30.3 Å². The molecule has 1 aromatic carbocycles. The molecule has 0 saturated heterocycles. The van der Waals surface area contributed by atoms with Crippen LogP contribution < -0.4 is 0 Å². The van der Waals surface area contributed by atoms with E-state index in [0.29, 0.717) is 0 Å². The van der Waals surface area contributed by atoms with Gasteiger partial charge in [-0.1, -0.05) is 42.5 Å². The van der Waals surface area contributed by atoms with Crippen LogP contribution >= 0.6 is 0 Å². The van der Waals surface area contributed by atoms with E-state index in [2.05, 4.69) is 12.1 Å². The average Bonchev–Trinajstić information content (AvgIpc) is 2.48. The van der Waals surface area contributed by atoms with Crippen LogP contribution in [0.4, 0.5) is 0 Å². The Hall–Kier alpha value is -2.08. The highest BCUT2D eigenvalue weighted by atomic mass is 16.5. The molecule has 0 spiro atoms. The molecular weight excluding hydrogens is 250 g/mol. The number of aryl methyl sites for hydroxylation is 1. The summed E-state index contributed by atoms with van der Waals surface area (Å²) in [5.41, 5.74) is 0.122. The number of hydrogen-bond acceptors (Lipinski definition) is 3. The number of esters is 1. The summed E-state index contributed by atoms with van der Waals surface area (Å²) in [4.78, 5) is 11.7. The van der Waals surface area contributed by atoms with Gasteiger partial charge in [0.2, 0.25) is 0 Å². The van der Waals surface area contributed by atoms with Crippen LogP contribution in [0.1, 0.15) is 32.3 Å². The van der Waals surface area contributed by atoms with Crippen LogP contribution in [0.3, 0.4) is 0 Å². The molecule has 0 fully saturated rings. The van der Waals surface area contributed by atoms with E-state index in [0.717, 1.165) is 19.3 Å². The molecule has 0 bridgehead atoms. The minimum absolute atomic E-state index is 0.290. The zero-order valence-corrected chi connectivity index (χ0v) is 12.1. The molecule has 0 saturated carbocycles. The normalized spacial score (nSPS) is 13.7. The Kier molecular flexibility index (Phi) is 6.52. The van der Waals surface area contributed by atoms with E-state index < -0.39 is 11.4 Å². The molecule has 20 heavy (non-hydrogen) atoms. The maximum Gasteiger partial charge on any atom is 0.330 e. The third-order valence-electron chi connectivity index (χ3n) is 3.06. The summed E-state index contributed by atoms with van der Waals surface area (Å²) in [6.45, 7) is 3.61. The molecule has 0 N–H and O–H groups in total. The van der Waals surface area contributed by atoms with Crippen molar-refractivity contribution in [2.45, 2.75) is 33.1 Å². The minimum Gasteiger partial charge on any atom is -0.465 e. The maximum absolute atomic E-state index is 11.7. The molecule has 1 atom stereocenters. The van der Waals surface area contributed by atoms with Crippen molar-refractivity contribution >= 4 is 5.97 Å². The standard InChI is InChI=1S/C17H21NO2/c1-3-20-16(19)17(2,14-18)13-9-5-8-12-15-10-6-4-7-11-15/h4,6-7,9-11,13H,3,5,8,12H2,1-2H3/b13-9+/t17-/m0/s1. The topological polar surface area (TPSA) is 50.1 Å². The fourth-order valence-electron chi connectivity index (χ4n) is 1.82. The Balaban J connectivity index is 2.43. The zero-order valence-electron chi connectivity index (χ0n) is 12.1. The monoisotopic (exact) mass is 271 g/mol. The van der Waals surface area contributed by atoms with Crippen molar-refractivity contribution in [2.75, 3.05) is 6.61 Å². The van der Waals surface area contributed by atoms with Crippen molar-refractivity contribution < 1.29 is 9.53 Å². The van der Waals surface area contributed by atoms with Gasteiger partial charge in [-0.3, -0.25) is 0 Å². The first-order chi connectivity index (χ1) is 9.62. The van der Waals surface area contributed by atoms with Gasteiger partial charge in [0.1, 0.15) is 0 Å². The second-order valence-electron chi connectivity index (χ2n) is 4.81. The van der Waals surface area contributed by atoms with Crippen LogP contribution in [0.5, 0.6) is 0 Å². The third-order valence-corrected chi connectivity index (χ3v) is 3.06. The van der Waals surface area contributed by atoms with Gasteiger partial charge in [-0.05, 0) is 38.7 Å². The number of rotatable bonds is 7. The van der Waals surface area contributed by atoms with E-state index >= 15 is 0 Å². The fraction of sp³-hybridized carbons (Fsp3) is 0.412. The van der Waals surface area contributed by atoms with Gasteiger partial charge >= 0.3 is 5.97 Å². The second kappa shape index (κ2) is 8.16. The summed E-state index contributed by atoms with van der Waals surface area (Å²) < 4.78 is 4.91. The lowest BCUT2D eigenvalue weighted by atomic mass is 9.92. The van der Waals surface area contributed by atoms with Crippen molar-refractivity contribution in [1.82, 2.24) is 0 Å². The second-order valence-corrected chi connectivity index (χ2v) is 4.81. The van der Waals surface area contributed by atoms with Gasteiger partial charge in [0.15, 0.2) is 5.41 Å². The number of ether oxygens (including phenoxy) is 1. The van der Waals surface area contributed by atoms with E-state index in [9.17, 15) is 4.79 Å². The van der Waals surface area contributed by atoms with Crippen molar-refractivity contribution in [2.24, 2.45) is 5.41 Å². The van der Waals surface area contributed by atoms with Crippen molar-refractivity contribution in [3.63, 3.8) is 0 Å². The van der Waals surface area contributed by atoms with Crippen LogP contribution in [0.25, 0.3) is 0 Å². The van der Waals surface area contributed by atoms with Gasteiger partial charge in [0, 0.05) is 0 Å². The number of benzene rings is 1. The van der Waals surface area contributed by atoms with Crippen LogP contribution in [0.2, 0.25) is 0 Å². The third kappa shape index (κ3) is 4.89. The van der Waals surface area contributed by atoms with E-state index in [1.54, 1.807) is 19.9 Å². The van der Waals surface area contributed by atoms with Crippen molar-refractivity contribution in [1.29, 1.82) is 5.26 Å². The summed E-state index contributed by atoms with van der Waals surface area (Å²) in [6.07, 6.45) is 6.36. The maximum atomic E-state index is 11.7. The van der Waals surface area contributed by atoms with Gasteiger partial charge in [0.05, 0.1) is 12.7 Å². The van der Waals surface area contributed by atoms with Crippen molar-refractivity contribution in [3.05, 3.63) is 48.0 Å². The highest BCUT2D eigenvalue weighted by molar-refractivity contribution is 5.81. The summed E-state index contributed by atoms with van der Waals surface area (Å²) in [6, 6.07) is 12.3. The van der Waals surface area contributed by atoms with Gasteiger partial charge in [-0.15, -0.1) is 0 Å². The Labute approximate surface area is 120 Å². The largest absolute Gasteiger partial charge is 0.465 e. The predicted octanol–water partition coefficient (Wildman–Crippen LogP) is 3.66. The van der Waals surface area contributed by atoms with Gasteiger partial charge in [0.25, 0.3) is 0 Å². The number of nitriles is 1. The quantitative estimate of drug-likeness (QED) is 0.432. The molecule has 0 aliphatic carbocycles. The molecule has 1 rings (SSSR count). The number of nitrogens with zero attached hydrogens (tertiary/aromatic N) is 1. The smallest absolute Gasteiger partial charge is 0.330 e. The molecule has 0 aliphatic rings. The molecule has 0 radical (unpaired) electrons. The Morgan fingerprint density at radius 1 is 1.40 bits per heavy atom. The first-order valence-electron chi connectivity index (χ1n) is 6.92. The molecular formula is C17H21NO2. The first-order valence-corrected chi connectivity index (χ1v) is 6.92. The van der Waals surface area contributed by atoms with E-state index in [1.165, 1.54) is 5.56 Å². The van der Waals surface area contributed by atoms with Gasteiger partial charge < -0.3 is 4.74 Å².